The van der Waals surface area contributed by atoms with E-state index in [0.717, 1.165) is 23.7 Å². The van der Waals surface area contributed by atoms with Gasteiger partial charge in [-0.2, -0.15) is 4.98 Å². The zero-order valence-corrected chi connectivity index (χ0v) is 21.9. The minimum Gasteiger partial charge on any atom is -0.489 e. The van der Waals surface area contributed by atoms with E-state index >= 15 is 0 Å². The number of rotatable bonds is 7. The molecular formula is C24H28BrN5O3S. The van der Waals surface area contributed by atoms with Crippen molar-refractivity contribution in [2.45, 2.75) is 43.9 Å². The molecule has 0 unspecified atom stereocenters. The van der Waals surface area contributed by atoms with Crippen LogP contribution < -0.4 is 20.3 Å². The Bertz CT molecular complexity index is 1300. The van der Waals surface area contributed by atoms with Crippen LogP contribution in [0.2, 0.25) is 0 Å². The summed E-state index contributed by atoms with van der Waals surface area (Å²) < 4.78 is 32.1. The normalized spacial score (nSPS) is 13.6. The van der Waals surface area contributed by atoms with Gasteiger partial charge in [-0.3, -0.25) is 0 Å². The summed E-state index contributed by atoms with van der Waals surface area (Å²) in [6.07, 6.45) is 1.62. The third-order valence-corrected chi connectivity index (χ3v) is 8.34. The van der Waals surface area contributed by atoms with E-state index in [1.807, 2.05) is 18.2 Å². The fraction of sp³-hybridized carbons (Fsp3) is 0.333. The molecule has 8 nitrogen and oxygen atoms in total. The van der Waals surface area contributed by atoms with Crippen molar-refractivity contribution in [1.29, 1.82) is 0 Å². The number of nitrogens with one attached hydrogen (secondary N) is 2. The molecule has 1 aliphatic rings. The summed E-state index contributed by atoms with van der Waals surface area (Å²) >= 11 is 3.46. The molecule has 0 radical (unpaired) electrons. The highest BCUT2D eigenvalue weighted by Gasteiger charge is 2.23. The Morgan fingerprint density at radius 1 is 1.09 bits per heavy atom. The van der Waals surface area contributed by atoms with Gasteiger partial charge in [0.1, 0.15) is 18.2 Å². The van der Waals surface area contributed by atoms with E-state index < -0.39 is 15.1 Å². The van der Waals surface area contributed by atoms with Gasteiger partial charge in [-0.1, -0.05) is 12.1 Å². The highest BCUT2D eigenvalue weighted by atomic mass is 79.9. The summed E-state index contributed by atoms with van der Waals surface area (Å²) in [6, 6.07) is 13.1. The third kappa shape index (κ3) is 4.97. The Kier molecular flexibility index (Phi) is 6.99. The fourth-order valence-corrected chi connectivity index (χ4v) is 5.19. The van der Waals surface area contributed by atoms with Crippen LogP contribution in [0, 0.1) is 0 Å². The molecule has 0 amide bonds. The van der Waals surface area contributed by atoms with Crippen LogP contribution in [0.15, 0.2) is 58.0 Å². The Labute approximate surface area is 208 Å². The van der Waals surface area contributed by atoms with E-state index in [-0.39, 0.29) is 4.90 Å². The van der Waals surface area contributed by atoms with Gasteiger partial charge in [0.15, 0.2) is 9.84 Å². The van der Waals surface area contributed by atoms with Crippen molar-refractivity contribution in [3.05, 3.63) is 53.1 Å². The molecule has 4 rings (SSSR count). The van der Waals surface area contributed by atoms with Gasteiger partial charge in [0, 0.05) is 24.0 Å². The molecule has 0 fully saturated rings. The first kappa shape index (κ1) is 24.3. The molecule has 34 heavy (non-hydrogen) atoms. The number of anilines is 5. The summed E-state index contributed by atoms with van der Waals surface area (Å²) in [5.74, 6) is 1.63. The van der Waals surface area contributed by atoms with Gasteiger partial charge >= 0.3 is 0 Å². The van der Waals surface area contributed by atoms with Crippen molar-refractivity contribution in [2.24, 2.45) is 0 Å². The first-order chi connectivity index (χ1) is 16.2. The average molecular weight is 546 g/mol. The number of fused-ring (bicyclic) bond motifs is 1. The minimum absolute atomic E-state index is 0.228. The Balaban J connectivity index is 1.60. The van der Waals surface area contributed by atoms with Gasteiger partial charge in [-0.15, -0.1) is 0 Å². The maximum atomic E-state index is 12.8. The number of benzene rings is 2. The molecule has 3 aromatic rings. The van der Waals surface area contributed by atoms with Crippen molar-refractivity contribution >= 4 is 54.6 Å². The highest BCUT2D eigenvalue weighted by Crippen LogP contribution is 2.36. The molecule has 0 atom stereocenters. The predicted octanol–water partition coefficient (Wildman–Crippen LogP) is 5.52. The zero-order chi connectivity index (χ0) is 24.5. The number of hydrogen-bond donors (Lipinski definition) is 2. The van der Waals surface area contributed by atoms with Crippen LogP contribution >= 0.6 is 15.9 Å². The molecule has 0 spiro atoms. The van der Waals surface area contributed by atoms with Gasteiger partial charge in [0.25, 0.3) is 0 Å². The summed E-state index contributed by atoms with van der Waals surface area (Å²) in [6.45, 7) is 9.15. The number of aromatic nitrogens is 2. The van der Waals surface area contributed by atoms with Crippen LogP contribution in [-0.2, 0) is 9.84 Å². The second-order valence-corrected chi connectivity index (χ2v) is 11.9. The van der Waals surface area contributed by atoms with Crippen molar-refractivity contribution in [3.8, 4) is 5.75 Å². The van der Waals surface area contributed by atoms with Crippen LogP contribution in [0.5, 0.6) is 5.75 Å². The third-order valence-electron chi connectivity index (χ3n) is 5.55. The fourth-order valence-electron chi connectivity index (χ4n) is 3.70. The summed E-state index contributed by atoms with van der Waals surface area (Å²) in [5.41, 5.74) is 2.31. The van der Waals surface area contributed by atoms with Gasteiger partial charge in [-0.25, -0.2) is 13.4 Å². The quantitative estimate of drug-likeness (QED) is 0.400. The zero-order valence-electron chi connectivity index (χ0n) is 19.5. The second-order valence-electron chi connectivity index (χ2n) is 8.55. The van der Waals surface area contributed by atoms with Gasteiger partial charge in [0.05, 0.1) is 32.5 Å². The van der Waals surface area contributed by atoms with E-state index in [9.17, 15) is 8.42 Å². The molecule has 10 heteroatoms. The summed E-state index contributed by atoms with van der Waals surface area (Å²) in [7, 11) is -3.47. The minimum atomic E-state index is -3.47. The molecule has 2 aromatic carbocycles. The second kappa shape index (κ2) is 9.79. The Morgan fingerprint density at radius 2 is 1.85 bits per heavy atom. The molecule has 0 aliphatic carbocycles. The lowest BCUT2D eigenvalue weighted by Gasteiger charge is -2.34. The highest BCUT2D eigenvalue weighted by molar-refractivity contribution is 9.10. The molecule has 2 N–H and O–H groups in total. The molecular weight excluding hydrogens is 518 g/mol. The maximum absolute atomic E-state index is 12.8. The van der Waals surface area contributed by atoms with Crippen molar-refractivity contribution in [3.63, 3.8) is 0 Å². The molecule has 2 heterocycles. The molecule has 1 aromatic heterocycles. The van der Waals surface area contributed by atoms with Crippen LogP contribution in [0.4, 0.5) is 28.8 Å². The first-order valence-corrected chi connectivity index (χ1v) is 13.4. The van der Waals surface area contributed by atoms with E-state index in [1.54, 1.807) is 44.3 Å². The number of hydrogen-bond acceptors (Lipinski definition) is 8. The van der Waals surface area contributed by atoms with Gasteiger partial charge in [0.2, 0.25) is 5.95 Å². The lowest BCUT2D eigenvalue weighted by atomic mass is 10.2. The summed E-state index contributed by atoms with van der Waals surface area (Å²) in [4.78, 5) is 11.4. The van der Waals surface area contributed by atoms with Crippen molar-refractivity contribution in [1.82, 2.24) is 9.97 Å². The van der Waals surface area contributed by atoms with Crippen molar-refractivity contribution in [2.75, 3.05) is 28.7 Å². The lowest BCUT2D eigenvalue weighted by Crippen LogP contribution is -2.37. The Hall–Kier alpha value is -2.85. The monoisotopic (exact) mass is 545 g/mol. The molecule has 0 bridgehead atoms. The standard InChI is InChI=1S/C24H28BrN5O3S/c1-15(2)30-11-12-33-21-13-17(9-10-20(21)30)27-24-26-14-18(25)23(29-24)28-19-7-5-6-8-22(19)34(31,32)16(3)4/h5-10,13-16H,11-12H2,1-4H3,(H2,26,27,28,29). The van der Waals surface area contributed by atoms with E-state index in [1.165, 1.54) is 0 Å². The molecule has 0 saturated carbocycles. The van der Waals surface area contributed by atoms with Gasteiger partial charge < -0.3 is 20.3 Å². The predicted molar refractivity (Wildman–Crippen MR) is 139 cm³/mol. The Morgan fingerprint density at radius 3 is 2.59 bits per heavy atom. The van der Waals surface area contributed by atoms with Gasteiger partial charge in [-0.05, 0) is 67.9 Å². The SMILES string of the molecule is CC(C)N1CCOc2cc(Nc3ncc(Br)c(Nc4ccccc4S(=O)(=O)C(C)C)n3)ccc21. The molecule has 1 aliphatic heterocycles. The number of nitrogens with zero attached hydrogens (tertiary/aromatic N) is 3. The van der Waals surface area contributed by atoms with Crippen LogP contribution in [0.1, 0.15) is 27.7 Å². The van der Waals surface area contributed by atoms with E-state index in [4.69, 9.17) is 4.74 Å². The van der Waals surface area contributed by atoms with Crippen LogP contribution in [0.3, 0.4) is 0 Å². The number of ether oxygens (including phenoxy) is 1. The van der Waals surface area contributed by atoms with Crippen LogP contribution in [0.25, 0.3) is 0 Å². The largest absolute Gasteiger partial charge is 0.489 e. The number of halogens is 1. The van der Waals surface area contributed by atoms with E-state index in [2.05, 4.69) is 55.3 Å². The molecule has 0 saturated heterocycles. The number of sulfone groups is 1. The first-order valence-electron chi connectivity index (χ1n) is 11.1. The smallest absolute Gasteiger partial charge is 0.229 e. The van der Waals surface area contributed by atoms with Crippen molar-refractivity contribution < 1.29 is 13.2 Å². The molecule has 180 valence electrons. The summed E-state index contributed by atoms with van der Waals surface area (Å²) in [5, 5.41) is 5.82. The lowest BCUT2D eigenvalue weighted by molar-refractivity contribution is 0.303. The maximum Gasteiger partial charge on any atom is 0.229 e. The number of para-hydroxylation sites is 1. The van der Waals surface area contributed by atoms with Crippen LogP contribution in [-0.4, -0.2) is 42.8 Å². The average Bonchev–Trinajstić information content (AvgIpc) is 2.80. The van der Waals surface area contributed by atoms with E-state index in [0.29, 0.717) is 34.6 Å². The topological polar surface area (TPSA) is 96.5 Å².